The lowest BCUT2D eigenvalue weighted by Crippen LogP contribution is -2.24. The summed E-state index contributed by atoms with van der Waals surface area (Å²) in [5.74, 6) is 0.340. The van der Waals surface area contributed by atoms with Gasteiger partial charge in [0.2, 0.25) is 0 Å². The molecule has 0 unspecified atom stereocenters. The maximum absolute atomic E-state index is 10.9. The van der Waals surface area contributed by atoms with Crippen molar-refractivity contribution in [2.24, 2.45) is 0 Å². The molecule has 1 aromatic carbocycles. The van der Waals surface area contributed by atoms with Gasteiger partial charge in [-0.25, -0.2) is 0 Å². The number of hydrogen-bond acceptors (Lipinski definition) is 2. The van der Waals surface area contributed by atoms with Crippen LogP contribution in [0.25, 0.3) is 0 Å². The maximum atomic E-state index is 10.9. The van der Waals surface area contributed by atoms with E-state index >= 15 is 0 Å². The molecule has 0 aliphatic heterocycles. The van der Waals surface area contributed by atoms with E-state index in [1.807, 2.05) is 18.2 Å². The molecule has 1 amide bonds. The molecule has 0 fully saturated rings. The summed E-state index contributed by atoms with van der Waals surface area (Å²) in [6.45, 7) is 1.77. The van der Waals surface area contributed by atoms with E-state index in [9.17, 15) is 4.79 Å². The van der Waals surface area contributed by atoms with Crippen LogP contribution in [0.5, 0.6) is 5.75 Å². The van der Waals surface area contributed by atoms with Gasteiger partial charge in [-0.15, -0.1) is 0 Å². The van der Waals surface area contributed by atoms with Gasteiger partial charge in [-0.2, -0.15) is 5.48 Å². The van der Waals surface area contributed by atoms with Crippen molar-refractivity contribution in [2.75, 3.05) is 0 Å². The first-order valence-electron chi connectivity index (χ1n) is 3.97. The minimum atomic E-state index is -0.272. The van der Waals surface area contributed by atoms with Crippen molar-refractivity contribution < 1.29 is 9.63 Å². The van der Waals surface area contributed by atoms with Crippen LogP contribution < -0.4 is 10.3 Å². The van der Waals surface area contributed by atoms with E-state index in [-0.39, 0.29) is 5.91 Å². The van der Waals surface area contributed by atoms with E-state index in [1.54, 1.807) is 25.1 Å². The second kappa shape index (κ2) is 4.98. The van der Waals surface area contributed by atoms with Crippen LogP contribution in [0, 0.1) is 0 Å². The quantitative estimate of drug-likeness (QED) is 0.563. The molecule has 0 spiro atoms. The van der Waals surface area contributed by atoms with Crippen LogP contribution in [-0.2, 0) is 4.79 Å². The fraction of sp³-hybridized carbons (Fsp3) is 0.100. The van der Waals surface area contributed by atoms with Gasteiger partial charge < -0.3 is 4.84 Å². The van der Waals surface area contributed by atoms with E-state index in [2.05, 4.69) is 5.48 Å². The standard InChI is InChI=1S/C10H11NO2/c1-2-6-10(12)11-13-9-7-4-3-5-8-9/h2-8H,1H3,(H,11,12). The van der Waals surface area contributed by atoms with Crippen LogP contribution in [0.1, 0.15) is 6.92 Å². The third-order valence-corrected chi connectivity index (χ3v) is 1.33. The van der Waals surface area contributed by atoms with E-state index in [4.69, 9.17) is 4.84 Å². The topological polar surface area (TPSA) is 38.3 Å². The third kappa shape index (κ3) is 3.42. The van der Waals surface area contributed by atoms with Crippen LogP contribution in [0.4, 0.5) is 0 Å². The average molecular weight is 177 g/mol. The number of amides is 1. The second-order valence-corrected chi connectivity index (χ2v) is 2.38. The summed E-state index contributed by atoms with van der Waals surface area (Å²) >= 11 is 0. The summed E-state index contributed by atoms with van der Waals surface area (Å²) in [4.78, 5) is 15.9. The Morgan fingerprint density at radius 2 is 2.08 bits per heavy atom. The Bertz CT molecular complexity index is 293. The summed E-state index contributed by atoms with van der Waals surface area (Å²) < 4.78 is 0. The molecule has 1 rings (SSSR count). The number of hydrogen-bond donors (Lipinski definition) is 1. The third-order valence-electron chi connectivity index (χ3n) is 1.33. The Hall–Kier alpha value is -1.77. The highest BCUT2D eigenvalue weighted by Crippen LogP contribution is 2.05. The van der Waals surface area contributed by atoms with E-state index < -0.39 is 0 Å². The fourth-order valence-corrected chi connectivity index (χ4v) is 0.783. The first-order chi connectivity index (χ1) is 6.33. The van der Waals surface area contributed by atoms with Gasteiger partial charge in [-0.3, -0.25) is 4.79 Å². The van der Waals surface area contributed by atoms with Crippen molar-refractivity contribution in [1.82, 2.24) is 5.48 Å². The van der Waals surface area contributed by atoms with E-state index in [0.29, 0.717) is 5.75 Å². The molecule has 0 bridgehead atoms. The molecule has 1 aromatic rings. The normalized spacial score (nSPS) is 9.92. The molecule has 0 aromatic heterocycles. The molecular weight excluding hydrogens is 166 g/mol. The lowest BCUT2D eigenvalue weighted by atomic mass is 10.3. The Morgan fingerprint density at radius 3 is 2.69 bits per heavy atom. The van der Waals surface area contributed by atoms with Gasteiger partial charge in [0.05, 0.1) is 0 Å². The van der Waals surface area contributed by atoms with Crippen molar-refractivity contribution >= 4 is 5.91 Å². The van der Waals surface area contributed by atoms with Crippen molar-refractivity contribution in [2.45, 2.75) is 6.92 Å². The molecule has 3 nitrogen and oxygen atoms in total. The zero-order valence-corrected chi connectivity index (χ0v) is 7.36. The highest BCUT2D eigenvalue weighted by molar-refractivity contribution is 5.86. The molecule has 0 atom stereocenters. The fourth-order valence-electron chi connectivity index (χ4n) is 0.783. The van der Waals surface area contributed by atoms with Crippen LogP contribution in [0.2, 0.25) is 0 Å². The number of para-hydroxylation sites is 1. The van der Waals surface area contributed by atoms with Gasteiger partial charge in [0.25, 0.3) is 5.91 Å². The summed E-state index contributed by atoms with van der Waals surface area (Å²) in [6, 6.07) is 9.06. The number of hydroxylamine groups is 1. The van der Waals surface area contributed by atoms with Crippen LogP contribution in [0.3, 0.4) is 0 Å². The number of benzene rings is 1. The minimum Gasteiger partial charge on any atom is -0.379 e. The molecule has 0 heterocycles. The van der Waals surface area contributed by atoms with Crippen molar-refractivity contribution in [1.29, 1.82) is 0 Å². The summed E-state index contributed by atoms with van der Waals surface area (Å²) in [5.41, 5.74) is 2.27. The minimum absolute atomic E-state index is 0.272. The molecule has 13 heavy (non-hydrogen) atoms. The molecule has 0 saturated carbocycles. The number of allylic oxidation sites excluding steroid dienone is 1. The molecule has 0 aliphatic rings. The van der Waals surface area contributed by atoms with Crippen LogP contribution in [0.15, 0.2) is 42.5 Å². The molecule has 68 valence electrons. The predicted molar refractivity (Wildman–Crippen MR) is 50.0 cm³/mol. The molecule has 3 heteroatoms. The van der Waals surface area contributed by atoms with Gasteiger partial charge in [0.1, 0.15) is 0 Å². The summed E-state index contributed by atoms with van der Waals surface area (Å²) in [7, 11) is 0. The van der Waals surface area contributed by atoms with Gasteiger partial charge in [-0.1, -0.05) is 24.3 Å². The summed E-state index contributed by atoms with van der Waals surface area (Å²) in [6.07, 6.45) is 3.03. The van der Waals surface area contributed by atoms with Gasteiger partial charge in [-0.05, 0) is 19.1 Å². The largest absolute Gasteiger partial charge is 0.379 e. The van der Waals surface area contributed by atoms with Gasteiger partial charge in [0, 0.05) is 6.08 Å². The number of rotatable bonds is 3. The van der Waals surface area contributed by atoms with E-state index in [0.717, 1.165) is 0 Å². The second-order valence-electron chi connectivity index (χ2n) is 2.38. The molecule has 0 radical (unpaired) electrons. The number of carbonyl (C=O) groups excluding carboxylic acids is 1. The number of nitrogens with one attached hydrogen (secondary N) is 1. The molecule has 0 aliphatic carbocycles. The van der Waals surface area contributed by atoms with Gasteiger partial charge in [0.15, 0.2) is 5.75 Å². The maximum Gasteiger partial charge on any atom is 0.276 e. The zero-order chi connectivity index (χ0) is 9.52. The van der Waals surface area contributed by atoms with Crippen LogP contribution >= 0.6 is 0 Å². The zero-order valence-electron chi connectivity index (χ0n) is 7.36. The predicted octanol–water partition coefficient (Wildman–Crippen LogP) is 1.67. The molecular formula is C10H11NO2. The first-order valence-corrected chi connectivity index (χ1v) is 3.97. The van der Waals surface area contributed by atoms with Crippen LogP contribution in [-0.4, -0.2) is 5.91 Å². The highest BCUT2D eigenvalue weighted by atomic mass is 16.7. The Labute approximate surface area is 77.0 Å². The lowest BCUT2D eigenvalue weighted by molar-refractivity contribution is -0.122. The monoisotopic (exact) mass is 177 g/mol. The van der Waals surface area contributed by atoms with Crippen molar-refractivity contribution in [3.8, 4) is 5.75 Å². The Balaban J connectivity index is 2.40. The number of carbonyl (C=O) groups is 1. The SMILES string of the molecule is CC=CC(=O)NOc1ccccc1. The van der Waals surface area contributed by atoms with E-state index in [1.165, 1.54) is 6.08 Å². The summed E-state index contributed by atoms with van der Waals surface area (Å²) in [5, 5.41) is 0. The Kier molecular flexibility index (Phi) is 3.57. The molecule has 1 N–H and O–H groups in total. The van der Waals surface area contributed by atoms with Crippen molar-refractivity contribution in [3.05, 3.63) is 42.5 Å². The smallest absolute Gasteiger partial charge is 0.276 e. The average Bonchev–Trinajstić information content (AvgIpc) is 2.17. The highest BCUT2D eigenvalue weighted by Gasteiger charge is 1.94. The first kappa shape index (κ1) is 9.32. The van der Waals surface area contributed by atoms with Gasteiger partial charge >= 0.3 is 0 Å². The Morgan fingerprint density at radius 1 is 1.38 bits per heavy atom. The molecule has 0 saturated heterocycles. The lowest BCUT2D eigenvalue weighted by Gasteiger charge is -2.03. The van der Waals surface area contributed by atoms with Crippen molar-refractivity contribution in [3.63, 3.8) is 0 Å².